The SMILES string of the molecule is CC1O[C@H](O[C@H](C)CCC(=O)O[C@H](C)[C@H](NC(=O)Nc2ncnc3c2N=CC3[C@@H]2OC[C@@H](O)[C@H](O)C2O)C(=O)O)[C@H](O)C[C@@H]1C. The van der Waals surface area contributed by atoms with E-state index in [0.717, 1.165) is 6.33 Å². The van der Waals surface area contributed by atoms with Gasteiger partial charge in [-0.3, -0.25) is 15.1 Å². The molecule has 17 nitrogen and oxygen atoms in total. The fourth-order valence-electron chi connectivity index (χ4n) is 5.33. The molecule has 12 atom stereocenters. The van der Waals surface area contributed by atoms with Gasteiger partial charge < -0.3 is 49.8 Å². The Morgan fingerprint density at radius 1 is 1.09 bits per heavy atom. The van der Waals surface area contributed by atoms with Gasteiger partial charge in [0.2, 0.25) is 0 Å². The lowest BCUT2D eigenvalue weighted by Crippen LogP contribution is -2.54. The first-order valence-corrected chi connectivity index (χ1v) is 14.8. The van der Waals surface area contributed by atoms with Crippen LogP contribution < -0.4 is 10.6 Å². The fraction of sp³-hybridized carbons (Fsp3) is 0.714. The van der Waals surface area contributed by atoms with Gasteiger partial charge in [-0.15, -0.1) is 0 Å². The zero-order valence-electron chi connectivity index (χ0n) is 25.3. The lowest BCUT2D eigenvalue weighted by molar-refractivity contribution is -0.263. The van der Waals surface area contributed by atoms with E-state index in [9.17, 15) is 39.9 Å². The molecule has 2 fully saturated rings. The first-order valence-electron chi connectivity index (χ1n) is 14.8. The Kier molecular flexibility index (Phi) is 11.4. The number of nitrogens with zero attached hydrogens (tertiary/aromatic N) is 3. The van der Waals surface area contributed by atoms with Crippen LogP contribution in [0.3, 0.4) is 0 Å². The Hall–Kier alpha value is -3.32. The Balaban J connectivity index is 1.29. The maximum Gasteiger partial charge on any atom is 0.330 e. The lowest BCUT2D eigenvalue weighted by Gasteiger charge is -2.37. The number of urea groups is 1. The van der Waals surface area contributed by atoms with Gasteiger partial charge in [0.1, 0.15) is 42.5 Å². The number of rotatable bonds is 11. The van der Waals surface area contributed by atoms with Gasteiger partial charge in [0, 0.05) is 12.6 Å². The van der Waals surface area contributed by atoms with Gasteiger partial charge in [0.05, 0.1) is 36.5 Å². The van der Waals surface area contributed by atoms with Crippen LogP contribution in [0.1, 0.15) is 58.6 Å². The molecule has 4 rings (SSSR count). The quantitative estimate of drug-likeness (QED) is 0.152. The highest BCUT2D eigenvalue weighted by atomic mass is 16.7. The van der Waals surface area contributed by atoms with Crippen molar-refractivity contribution in [1.29, 1.82) is 0 Å². The number of esters is 1. The van der Waals surface area contributed by atoms with E-state index >= 15 is 0 Å². The van der Waals surface area contributed by atoms with Crippen LogP contribution in [-0.2, 0) is 28.5 Å². The third kappa shape index (κ3) is 8.29. The molecule has 0 aliphatic carbocycles. The van der Waals surface area contributed by atoms with Gasteiger partial charge in [0.15, 0.2) is 18.1 Å². The normalized spacial score (nSPS) is 33.0. The van der Waals surface area contributed by atoms with Crippen molar-refractivity contribution >= 4 is 35.7 Å². The molecule has 2 saturated heterocycles. The Labute approximate surface area is 259 Å². The summed E-state index contributed by atoms with van der Waals surface area (Å²) in [6, 6.07) is -2.60. The van der Waals surface area contributed by atoms with Crippen LogP contribution in [0.4, 0.5) is 16.3 Å². The van der Waals surface area contributed by atoms with Crippen LogP contribution in [-0.4, -0.2) is 127 Å². The highest BCUT2D eigenvalue weighted by Crippen LogP contribution is 2.39. The van der Waals surface area contributed by atoms with Gasteiger partial charge in [-0.25, -0.2) is 19.6 Å². The van der Waals surface area contributed by atoms with Crippen molar-refractivity contribution in [3.63, 3.8) is 0 Å². The van der Waals surface area contributed by atoms with Crippen molar-refractivity contribution in [1.82, 2.24) is 15.3 Å². The predicted molar refractivity (Wildman–Crippen MR) is 154 cm³/mol. The van der Waals surface area contributed by atoms with Gasteiger partial charge in [-0.2, -0.15) is 0 Å². The van der Waals surface area contributed by atoms with Gasteiger partial charge >= 0.3 is 18.0 Å². The summed E-state index contributed by atoms with van der Waals surface area (Å²) in [5, 5.41) is 54.8. The van der Waals surface area contributed by atoms with Crippen molar-refractivity contribution in [2.24, 2.45) is 10.9 Å². The molecule has 2 amide bonds. The molecular weight excluding hydrogens is 598 g/mol. The van der Waals surface area contributed by atoms with Crippen LogP contribution in [0.25, 0.3) is 0 Å². The molecule has 3 unspecified atom stereocenters. The number of ether oxygens (including phenoxy) is 4. The van der Waals surface area contributed by atoms with Gasteiger partial charge in [-0.1, -0.05) is 6.92 Å². The zero-order valence-corrected chi connectivity index (χ0v) is 25.3. The topological polar surface area (TPSA) is 251 Å². The number of aliphatic hydroxyl groups excluding tert-OH is 4. The highest BCUT2D eigenvalue weighted by molar-refractivity contribution is 5.96. The Morgan fingerprint density at radius 3 is 2.53 bits per heavy atom. The van der Waals surface area contributed by atoms with E-state index in [-0.39, 0.29) is 48.7 Å². The minimum atomic E-state index is -1.62. The fourth-order valence-corrected chi connectivity index (χ4v) is 5.33. The average Bonchev–Trinajstić information content (AvgIpc) is 3.41. The van der Waals surface area contributed by atoms with Crippen LogP contribution in [0, 0.1) is 5.92 Å². The second-order valence-electron chi connectivity index (χ2n) is 11.7. The third-order valence-corrected chi connectivity index (χ3v) is 8.19. The first-order chi connectivity index (χ1) is 21.3. The second kappa shape index (κ2) is 14.8. The van der Waals surface area contributed by atoms with Crippen LogP contribution >= 0.6 is 0 Å². The maximum atomic E-state index is 12.8. The van der Waals surface area contributed by atoms with E-state index in [0.29, 0.717) is 6.42 Å². The number of carboxylic acid groups (broad SMARTS) is 1. The summed E-state index contributed by atoms with van der Waals surface area (Å²) in [7, 11) is 0. The largest absolute Gasteiger partial charge is 0.480 e. The minimum absolute atomic E-state index is 0.0687. The van der Waals surface area contributed by atoms with Crippen molar-refractivity contribution < 1.29 is 58.9 Å². The molecule has 7 N–H and O–H groups in total. The monoisotopic (exact) mass is 639 g/mol. The summed E-state index contributed by atoms with van der Waals surface area (Å²) >= 11 is 0. The number of aliphatic imine (C=N–C) groups is 1. The smallest absolute Gasteiger partial charge is 0.330 e. The Bertz CT molecular complexity index is 1250. The van der Waals surface area contributed by atoms with E-state index in [1.807, 2.05) is 13.8 Å². The molecule has 17 heteroatoms. The lowest BCUT2D eigenvalue weighted by atomic mass is 9.89. The number of hydrogen-bond donors (Lipinski definition) is 7. The molecular formula is C28H41N5O12. The number of carbonyl (C=O) groups excluding carboxylic acids is 2. The van der Waals surface area contributed by atoms with Crippen molar-refractivity contribution in [2.45, 2.75) is 114 Å². The number of fused-ring (bicyclic) bond motifs is 1. The van der Waals surface area contributed by atoms with E-state index in [4.69, 9.17) is 18.9 Å². The number of aliphatic hydroxyl groups is 4. The Morgan fingerprint density at radius 2 is 1.82 bits per heavy atom. The number of nitrogens with one attached hydrogen (secondary N) is 2. The number of aromatic nitrogens is 2. The summed E-state index contributed by atoms with van der Waals surface area (Å²) in [5.41, 5.74) is 0.406. The van der Waals surface area contributed by atoms with E-state index in [2.05, 4.69) is 25.6 Å². The van der Waals surface area contributed by atoms with Crippen LogP contribution in [0.5, 0.6) is 0 Å². The van der Waals surface area contributed by atoms with E-state index in [1.165, 1.54) is 13.1 Å². The predicted octanol–water partition coefficient (Wildman–Crippen LogP) is -0.419. The summed E-state index contributed by atoms with van der Waals surface area (Å²) in [4.78, 5) is 49.6. The molecule has 1 aromatic rings. The number of amides is 2. The highest BCUT2D eigenvalue weighted by Gasteiger charge is 2.44. The summed E-state index contributed by atoms with van der Waals surface area (Å²) in [5.74, 6) is -2.78. The minimum Gasteiger partial charge on any atom is -0.480 e. The standard InChI is InChI=1S/C28H41N5O12/c1-11-7-16(34)27(45-13(11)3)43-12(2)5-6-18(36)44-14(4)19(26(39)40)32-28(41)33-25-21-20(30-10-31-25)15(8-29-21)24-23(38)22(37)17(35)9-42-24/h8,10-17,19,22-24,27,34-35,37-38H,5-7,9H2,1-4H3,(H,39,40)(H2,30,31,32,33,41)/t11-,12+,13?,14+,15?,16+,17+,19-,22-,23?,24-,27-/m0/s1. The number of hydrogen-bond acceptors (Lipinski definition) is 14. The zero-order chi connectivity index (χ0) is 33.0. The number of carbonyl (C=O) groups is 3. The molecule has 0 bridgehead atoms. The molecule has 3 aliphatic heterocycles. The molecule has 0 saturated carbocycles. The van der Waals surface area contributed by atoms with Crippen molar-refractivity contribution in [3.8, 4) is 0 Å². The average molecular weight is 640 g/mol. The summed E-state index contributed by atoms with van der Waals surface area (Å²) < 4.78 is 22.3. The molecule has 0 spiro atoms. The molecule has 45 heavy (non-hydrogen) atoms. The van der Waals surface area contributed by atoms with Crippen molar-refractivity contribution in [3.05, 3.63) is 12.0 Å². The van der Waals surface area contributed by atoms with Crippen LogP contribution in [0.15, 0.2) is 11.3 Å². The molecule has 1 aromatic heterocycles. The molecule has 0 aromatic carbocycles. The summed E-state index contributed by atoms with van der Waals surface area (Å²) in [6.45, 7) is 6.69. The van der Waals surface area contributed by atoms with Gasteiger partial charge in [-0.05, 0) is 39.5 Å². The number of anilines is 1. The molecule has 4 heterocycles. The van der Waals surface area contributed by atoms with E-state index < -0.39 is 78.9 Å². The van der Waals surface area contributed by atoms with E-state index in [1.54, 1.807) is 6.92 Å². The summed E-state index contributed by atoms with van der Waals surface area (Å²) in [6.07, 6.45) is -5.37. The molecule has 0 radical (unpaired) electrons. The van der Waals surface area contributed by atoms with Crippen molar-refractivity contribution in [2.75, 3.05) is 11.9 Å². The third-order valence-electron chi connectivity index (χ3n) is 8.19. The first kappa shape index (κ1) is 34.6. The second-order valence-corrected chi connectivity index (χ2v) is 11.7. The maximum absolute atomic E-state index is 12.8. The number of aliphatic carboxylic acids is 1. The van der Waals surface area contributed by atoms with Crippen LogP contribution in [0.2, 0.25) is 0 Å². The number of carboxylic acids is 1. The van der Waals surface area contributed by atoms with Gasteiger partial charge in [0.25, 0.3) is 0 Å². The molecule has 3 aliphatic rings. The molecule has 250 valence electrons.